The van der Waals surface area contributed by atoms with E-state index in [1.54, 1.807) is 35.0 Å². The number of hydrogen-bond donors (Lipinski definition) is 8. The largest absolute Gasteiger partial charge is 0.393 e. The number of halogens is 3. The molecule has 0 fully saturated rings. The molecule has 0 spiro atoms. The van der Waals surface area contributed by atoms with E-state index in [0.717, 1.165) is 0 Å². The van der Waals surface area contributed by atoms with Gasteiger partial charge in [-0.1, -0.05) is 0 Å². The monoisotopic (exact) mass is 793 g/mol. The van der Waals surface area contributed by atoms with Crippen LogP contribution in [-0.2, 0) is 9.63 Å². The number of nitrogens with one attached hydrogen (secondary N) is 1. The first-order valence-electron chi connectivity index (χ1n) is 8.77. The van der Waals surface area contributed by atoms with Gasteiger partial charge in [-0.15, -0.1) is 0 Å². The second kappa shape index (κ2) is 12.3. The lowest BCUT2D eigenvalue weighted by Gasteiger charge is -2.34. The highest BCUT2D eigenvalue weighted by Crippen LogP contribution is 2.31. The molecule has 1 aromatic carbocycles. The van der Waals surface area contributed by atoms with Crippen LogP contribution >= 0.6 is 67.8 Å². The summed E-state index contributed by atoms with van der Waals surface area (Å²) in [4.78, 5) is 41.3. The van der Waals surface area contributed by atoms with Crippen LogP contribution in [0.5, 0.6) is 0 Å². The fourth-order valence-electron chi connectivity index (χ4n) is 2.57. The number of carbonyl (C=O) groups excluding carboxylic acids is 3. The predicted molar refractivity (Wildman–Crippen MR) is 135 cm³/mol. The van der Waals surface area contributed by atoms with Crippen LogP contribution in [0.4, 0.5) is 0 Å². The van der Waals surface area contributed by atoms with E-state index in [-0.39, 0.29) is 14.7 Å². The topological polar surface area (TPSA) is 226 Å². The number of hydroxylamine groups is 1. The molecule has 0 saturated heterocycles. The SMILES string of the molecule is Cc1c(I)c(C(N)=O)c(I)c(C(=O)ONC(=O)C[C@](O)(CO)[C@@H](O)[C@H](O)[C@@H](O)CN)c1I. The number of aliphatic hydroxyl groups is 5. The summed E-state index contributed by atoms with van der Waals surface area (Å²) in [6.07, 6.45) is -6.74. The second-order valence-corrected chi connectivity index (χ2v) is 10.0. The molecule has 4 atom stereocenters. The third kappa shape index (κ3) is 6.58. The predicted octanol–water partition coefficient (Wildman–Crippen LogP) is -1.75. The van der Waals surface area contributed by atoms with E-state index in [2.05, 4.69) is 0 Å². The van der Waals surface area contributed by atoms with Gasteiger partial charge in [0.05, 0.1) is 30.3 Å². The van der Waals surface area contributed by atoms with Crippen molar-refractivity contribution in [1.29, 1.82) is 0 Å². The van der Waals surface area contributed by atoms with Crippen LogP contribution < -0.4 is 16.9 Å². The Kier molecular flexibility index (Phi) is 11.4. The highest BCUT2D eigenvalue weighted by molar-refractivity contribution is 14.1. The van der Waals surface area contributed by atoms with Gasteiger partial charge in [-0.25, -0.2) is 4.79 Å². The molecule has 0 bridgehead atoms. The first-order valence-corrected chi connectivity index (χ1v) is 12.0. The lowest BCUT2D eigenvalue weighted by atomic mass is 9.87. The minimum Gasteiger partial charge on any atom is -0.393 e. The van der Waals surface area contributed by atoms with E-state index in [4.69, 9.17) is 16.3 Å². The molecule has 0 heterocycles. The maximum Gasteiger partial charge on any atom is 0.365 e. The van der Waals surface area contributed by atoms with Crippen molar-refractivity contribution in [3.63, 3.8) is 0 Å². The van der Waals surface area contributed by atoms with Crippen LogP contribution in [0.25, 0.3) is 0 Å². The Morgan fingerprint density at radius 3 is 2.09 bits per heavy atom. The molecular formula is C17H22I3N3O9. The van der Waals surface area contributed by atoms with Crippen molar-refractivity contribution in [3.8, 4) is 0 Å². The Morgan fingerprint density at radius 1 is 1.09 bits per heavy atom. The van der Waals surface area contributed by atoms with E-state index >= 15 is 0 Å². The van der Waals surface area contributed by atoms with Crippen molar-refractivity contribution in [2.75, 3.05) is 13.2 Å². The van der Waals surface area contributed by atoms with E-state index in [1.807, 2.05) is 45.2 Å². The van der Waals surface area contributed by atoms with Crippen LogP contribution in [0.3, 0.4) is 0 Å². The summed E-state index contributed by atoms with van der Waals surface area (Å²) in [5.74, 6) is -2.91. The number of nitrogens with two attached hydrogens (primary N) is 2. The molecule has 0 aromatic heterocycles. The van der Waals surface area contributed by atoms with Crippen LogP contribution in [0.1, 0.15) is 32.7 Å². The molecule has 0 saturated carbocycles. The van der Waals surface area contributed by atoms with Crippen LogP contribution in [-0.4, -0.2) is 80.4 Å². The molecule has 2 amide bonds. The average molecular weight is 793 g/mol. The first-order chi connectivity index (χ1) is 14.7. The summed E-state index contributed by atoms with van der Waals surface area (Å²) in [6.45, 7) is 0.0484. The van der Waals surface area contributed by atoms with Gasteiger partial charge in [-0.3, -0.25) is 9.59 Å². The van der Waals surface area contributed by atoms with Gasteiger partial charge in [-0.2, -0.15) is 5.48 Å². The Morgan fingerprint density at radius 2 is 1.62 bits per heavy atom. The standard InChI is InChI=1S/C17H22I3N3O9/c1-5-10(18)8(15(22)29)12(20)9(11(5)19)16(30)32-23-7(26)2-17(31,4-24)14(28)13(27)6(25)3-21/h6,13-14,24-25,27-28,31H,2-4,21H2,1H3,(H2,22,29)(H,23,26)/t6-,13+,14-,17-/m0/s1. The molecule has 32 heavy (non-hydrogen) atoms. The molecule has 0 aliphatic heterocycles. The summed E-state index contributed by atoms with van der Waals surface area (Å²) < 4.78 is 1.24. The fourth-order valence-corrected chi connectivity index (χ4v) is 6.71. The van der Waals surface area contributed by atoms with Gasteiger partial charge in [0.25, 0.3) is 11.8 Å². The third-order valence-corrected chi connectivity index (χ3v) is 8.27. The fraction of sp³-hybridized carbons (Fsp3) is 0.471. The minimum absolute atomic E-state index is 0.0165. The molecule has 0 radical (unpaired) electrons. The normalized spacial score (nSPS) is 15.9. The van der Waals surface area contributed by atoms with Gasteiger partial charge in [0.1, 0.15) is 17.8 Å². The van der Waals surface area contributed by atoms with Crippen molar-refractivity contribution in [3.05, 3.63) is 27.4 Å². The van der Waals surface area contributed by atoms with Crippen molar-refractivity contribution in [2.24, 2.45) is 11.5 Å². The average Bonchev–Trinajstić information content (AvgIpc) is 2.74. The third-order valence-electron chi connectivity index (χ3n) is 4.49. The molecule has 1 rings (SSSR count). The number of benzene rings is 1. The smallest absolute Gasteiger partial charge is 0.365 e. The molecule has 180 valence electrons. The molecule has 0 unspecified atom stereocenters. The molecule has 0 aliphatic carbocycles. The van der Waals surface area contributed by atoms with Gasteiger partial charge < -0.3 is 41.8 Å². The number of carbonyl (C=O) groups is 3. The van der Waals surface area contributed by atoms with Crippen LogP contribution in [0.2, 0.25) is 0 Å². The Bertz CT molecular complexity index is 902. The van der Waals surface area contributed by atoms with Gasteiger partial charge in [0.15, 0.2) is 0 Å². The van der Waals surface area contributed by atoms with Crippen molar-refractivity contribution in [2.45, 2.75) is 37.3 Å². The quantitative estimate of drug-likeness (QED) is 0.104. The summed E-state index contributed by atoms with van der Waals surface area (Å²) in [7, 11) is 0. The lowest BCUT2D eigenvalue weighted by molar-refractivity contribution is -0.176. The van der Waals surface area contributed by atoms with E-state index in [1.165, 1.54) is 0 Å². The van der Waals surface area contributed by atoms with Gasteiger partial charge in [-0.05, 0) is 80.3 Å². The first kappa shape index (κ1) is 29.6. The van der Waals surface area contributed by atoms with E-state index in [9.17, 15) is 39.9 Å². The highest BCUT2D eigenvalue weighted by Gasteiger charge is 2.43. The lowest BCUT2D eigenvalue weighted by Crippen LogP contribution is -2.57. The zero-order chi connectivity index (χ0) is 25.0. The Balaban J connectivity index is 3.02. The molecular weight excluding hydrogens is 771 g/mol. The molecule has 0 aliphatic rings. The summed E-state index contributed by atoms with van der Waals surface area (Å²) >= 11 is 5.56. The number of hydrogen-bond acceptors (Lipinski definition) is 10. The van der Waals surface area contributed by atoms with Gasteiger partial charge in [0.2, 0.25) is 0 Å². The number of amides is 2. The highest BCUT2D eigenvalue weighted by atomic mass is 127. The Hall–Kier alpha value is -0.420. The van der Waals surface area contributed by atoms with Crippen LogP contribution in [0.15, 0.2) is 0 Å². The summed E-state index contributed by atoms with van der Waals surface area (Å²) in [5, 5.41) is 49.1. The zero-order valence-corrected chi connectivity index (χ0v) is 23.0. The summed E-state index contributed by atoms with van der Waals surface area (Å²) in [6, 6.07) is 0. The number of primary amides is 1. The summed E-state index contributed by atoms with van der Waals surface area (Å²) in [5.41, 5.74) is 10.5. The minimum atomic E-state index is -2.58. The zero-order valence-electron chi connectivity index (χ0n) is 16.5. The van der Waals surface area contributed by atoms with Gasteiger partial charge in [0, 0.05) is 17.3 Å². The second-order valence-electron chi connectivity index (χ2n) is 6.77. The maximum absolute atomic E-state index is 12.6. The number of rotatable bonds is 9. The molecule has 1 aromatic rings. The van der Waals surface area contributed by atoms with Gasteiger partial charge >= 0.3 is 5.97 Å². The molecule has 15 heteroatoms. The van der Waals surface area contributed by atoms with Crippen molar-refractivity contribution >= 4 is 85.6 Å². The van der Waals surface area contributed by atoms with Crippen molar-refractivity contribution < 1.29 is 44.8 Å². The molecule has 12 nitrogen and oxygen atoms in total. The molecule has 10 N–H and O–H groups in total. The maximum atomic E-state index is 12.6. The Labute approximate surface area is 223 Å². The van der Waals surface area contributed by atoms with E-state index in [0.29, 0.717) is 12.7 Å². The van der Waals surface area contributed by atoms with Crippen LogP contribution in [0, 0.1) is 17.6 Å². The number of aliphatic hydroxyl groups excluding tert-OH is 4. The van der Waals surface area contributed by atoms with Crippen molar-refractivity contribution in [1.82, 2.24) is 5.48 Å². The van der Waals surface area contributed by atoms with E-state index < -0.39 is 61.3 Å².